The Morgan fingerprint density at radius 2 is 1.90 bits per heavy atom. The molecule has 1 aliphatic heterocycles. The Bertz CT molecular complexity index is 522. The topological polar surface area (TPSA) is 66.7 Å². The van der Waals surface area contributed by atoms with Crippen LogP contribution in [0, 0.1) is 10.1 Å². The Hall–Kier alpha value is -2.11. The van der Waals surface area contributed by atoms with Crippen LogP contribution in [-0.2, 0) is 0 Å². The largest absolute Gasteiger partial charge is 0.372 e. The van der Waals surface area contributed by atoms with Crippen LogP contribution in [-0.4, -0.2) is 42.9 Å². The molecule has 1 saturated heterocycles. The zero-order valence-electron chi connectivity index (χ0n) is 11.8. The summed E-state index contributed by atoms with van der Waals surface area (Å²) in [6, 6.07) is 4.68. The van der Waals surface area contributed by atoms with E-state index in [-0.39, 0.29) is 11.6 Å². The van der Waals surface area contributed by atoms with E-state index in [1.165, 1.54) is 6.07 Å². The van der Waals surface area contributed by atoms with Crippen LogP contribution in [0.15, 0.2) is 18.2 Å². The van der Waals surface area contributed by atoms with Crippen LogP contribution in [0.1, 0.15) is 29.6 Å². The van der Waals surface area contributed by atoms with E-state index >= 15 is 0 Å². The van der Waals surface area contributed by atoms with Crippen LogP contribution in [0.4, 0.5) is 11.4 Å². The molecular weight excluding hydrogens is 258 g/mol. The number of nitro benzene ring substituents is 1. The van der Waals surface area contributed by atoms with Crippen molar-refractivity contribution in [2.45, 2.75) is 19.3 Å². The highest BCUT2D eigenvalue weighted by Crippen LogP contribution is 2.28. The summed E-state index contributed by atoms with van der Waals surface area (Å²) in [6.07, 6.45) is 3.15. The second-order valence-electron chi connectivity index (χ2n) is 5.21. The van der Waals surface area contributed by atoms with E-state index in [4.69, 9.17) is 0 Å². The van der Waals surface area contributed by atoms with Crippen LogP contribution in [0.25, 0.3) is 0 Å². The summed E-state index contributed by atoms with van der Waals surface area (Å²) >= 11 is 0. The summed E-state index contributed by atoms with van der Waals surface area (Å²) in [6.45, 7) is 1.48. The van der Waals surface area contributed by atoms with Gasteiger partial charge in [-0.3, -0.25) is 14.9 Å². The van der Waals surface area contributed by atoms with Gasteiger partial charge in [-0.15, -0.1) is 0 Å². The average molecular weight is 277 g/mol. The van der Waals surface area contributed by atoms with Gasteiger partial charge in [0.05, 0.1) is 4.92 Å². The van der Waals surface area contributed by atoms with Crippen LogP contribution in [0.5, 0.6) is 0 Å². The van der Waals surface area contributed by atoms with Crippen molar-refractivity contribution in [2.75, 3.05) is 32.1 Å². The van der Waals surface area contributed by atoms with Crippen molar-refractivity contribution in [3.63, 3.8) is 0 Å². The molecule has 0 atom stereocenters. The van der Waals surface area contributed by atoms with Gasteiger partial charge in [-0.25, -0.2) is 0 Å². The van der Waals surface area contributed by atoms with Gasteiger partial charge < -0.3 is 9.80 Å². The SMILES string of the molecule is CN(C)c1ccc(C(=O)N2CCCCC2)cc1[N+](=O)[O-]. The number of anilines is 1. The lowest BCUT2D eigenvalue weighted by molar-refractivity contribution is -0.384. The molecule has 6 heteroatoms. The molecular formula is C14H19N3O3. The molecule has 0 unspecified atom stereocenters. The first kappa shape index (κ1) is 14.3. The minimum atomic E-state index is -0.442. The Morgan fingerprint density at radius 1 is 1.25 bits per heavy atom. The molecule has 1 fully saturated rings. The maximum absolute atomic E-state index is 12.3. The van der Waals surface area contributed by atoms with Gasteiger partial charge >= 0.3 is 0 Å². The molecule has 1 aromatic rings. The molecule has 1 aromatic carbocycles. The lowest BCUT2D eigenvalue weighted by atomic mass is 10.1. The zero-order valence-corrected chi connectivity index (χ0v) is 11.8. The summed E-state index contributed by atoms with van der Waals surface area (Å²) < 4.78 is 0. The van der Waals surface area contributed by atoms with Crippen molar-refractivity contribution in [1.29, 1.82) is 0 Å². The number of benzene rings is 1. The molecule has 1 amide bonds. The van der Waals surface area contributed by atoms with Gasteiger partial charge in [-0.05, 0) is 31.4 Å². The number of carbonyl (C=O) groups excluding carboxylic acids is 1. The lowest BCUT2D eigenvalue weighted by Crippen LogP contribution is -2.35. The van der Waals surface area contributed by atoms with Gasteiger partial charge in [-0.2, -0.15) is 0 Å². The maximum atomic E-state index is 12.3. The van der Waals surface area contributed by atoms with E-state index in [0.29, 0.717) is 11.3 Å². The van der Waals surface area contributed by atoms with Gasteiger partial charge in [0.2, 0.25) is 0 Å². The first-order valence-electron chi connectivity index (χ1n) is 6.76. The van der Waals surface area contributed by atoms with Gasteiger partial charge in [-0.1, -0.05) is 0 Å². The number of hydrogen-bond donors (Lipinski definition) is 0. The molecule has 0 aromatic heterocycles. The second-order valence-corrected chi connectivity index (χ2v) is 5.21. The van der Waals surface area contributed by atoms with E-state index in [1.807, 2.05) is 0 Å². The minimum Gasteiger partial charge on any atom is -0.372 e. The smallest absolute Gasteiger partial charge is 0.293 e. The fourth-order valence-corrected chi connectivity index (χ4v) is 2.46. The Balaban J connectivity index is 2.30. The molecule has 0 aliphatic carbocycles. The molecule has 1 heterocycles. The van der Waals surface area contributed by atoms with Crippen molar-refractivity contribution in [2.24, 2.45) is 0 Å². The fourth-order valence-electron chi connectivity index (χ4n) is 2.46. The van der Waals surface area contributed by atoms with Crippen molar-refractivity contribution >= 4 is 17.3 Å². The highest BCUT2D eigenvalue weighted by molar-refractivity contribution is 5.95. The molecule has 2 rings (SSSR count). The number of amides is 1. The monoisotopic (exact) mass is 277 g/mol. The van der Waals surface area contributed by atoms with Crippen LogP contribution in [0.2, 0.25) is 0 Å². The van der Waals surface area contributed by atoms with Crippen molar-refractivity contribution in [3.8, 4) is 0 Å². The number of rotatable bonds is 3. The van der Waals surface area contributed by atoms with Gasteiger partial charge in [0.15, 0.2) is 0 Å². The van der Waals surface area contributed by atoms with Gasteiger partial charge in [0.1, 0.15) is 5.69 Å². The Morgan fingerprint density at radius 3 is 2.45 bits per heavy atom. The Labute approximate surface area is 118 Å². The van der Waals surface area contributed by atoms with E-state index in [2.05, 4.69) is 0 Å². The fraction of sp³-hybridized carbons (Fsp3) is 0.500. The van der Waals surface area contributed by atoms with Gasteiger partial charge in [0, 0.05) is 38.8 Å². The van der Waals surface area contributed by atoms with E-state index in [0.717, 1.165) is 32.4 Å². The number of nitrogens with zero attached hydrogens (tertiary/aromatic N) is 3. The molecule has 20 heavy (non-hydrogen) atoms. The summed E-state index contributed by atoms with van der Waals surface area (Å²) in [5, 5.41) is 11.1. The zero-order chi connectivity index (χ0) is 14.7. The first-order chi connectivity index (χ1) is 9.50. The summed E-state index contributed by atoms with van der Waals surface area (Å²) in [5.74, 6) is -0.113. The lowest BCUT2D eigenvalue weighted by Gasteiger charge is -2.26. The van der Waals surface area contributed by atoms with Crippen LogP contribution >= 0.6 is 0 Å². The Kier molecular flexibility index (Phi) is 4.22. The minimum absolute atomic E-state index is 0.0298. The third-order valence-corrected chi connectivity index (χ3v) is 3.54. The summed E-state index contributed by atoms with van der Waals surface area (Å²) in [7, 11) is 3.49. The standard InChI is InChI=1S/C14H19N3O3/c1-15(2)12-7-6-11(10-13(12)17(19)20)14(18)16-8-4-3-5-9-16/h6-7,10H,3-5,8-9H2,1-2H3. The number of carbonyl (C=O) groups is 1. The number of piperidine rings is 1. The van der Waals surface area contributed by atoms with Crippen LogP contribution < -0.4 is 4.90 Å². The van der Waals surface area contributed by atoms with E-state index in [1.54, 1.807) is 36.0 Å². The van der Waals surface area contributed by atoms with Crippen molar-refractivity contribution in [1.82, 2.24) is 4.90 Å². The molecule has 108 valence electrons. The predicted octanol–water partition coefficient (Wildman–Crippen LogP) is 2.29. The third-order valence-electron chi connectivity index (χ3n) is 3.54. The number of hydrogen-bond acceptors (Lipinski definition) is 4. The molecule has 0 bridgehead atoms. The third kappa shape index (κ3) is 2.89. The first-order valence-corrected chi connectivity index (χ1v) is 6.76. The highest BCUT2D eigenvalue weighted by atomic mass is 16.6. The summed E-state index contributed by atoms with van der Waals surface area (Å²) in [5.41, 5.74) is 0.868. The maximum Gasteiger partial charge on any atom is 0.293 e. The van der Waals surface area contributed by atoms with Gasteiger partial charge in [0.25, 0.3) is 11.6 Å². The molecule has 0 radical (unpaired) electrons. The normalized spacial score (nSPS) is 15.0. The van der Waals surface area contributed by atoms with E-state index in [9.17, 15) is 14.9 Å². The highest BCUT2D eigenvalue weighted by Gasteiger charge is 2.22. The second kappa shape index (κ2) is 5.90. The predicted molar refractivity (Wildman–Crippen MR) is 77.2 cm³/mol. The molecule has 0 spiro atoms. The average Bonchev–Trinajstić information content (AvgIpc) is 2.46. The number of nitro groups is 1. The molecule has 6 nitrogen and oxygen atoms in total. The molecule has 0 N–H and O–H groups in total. The van der Waals surface area contributed by atoms with Crippen LogP contribution in [0.3, 0.4) is 0 Å². The quantitative estimate of drug-likeness (QED) is 0.628. The van der Waals surface area contributed by atoms with Crippen molar-refractivity contribution in [3.05, 3.63) is 33.9 Å². The number of likely N-dealkylation sites (tertiary alicyclic amines) is 1. The summed E-state index contributed by atoms with van der Waals surface area (Å²) in [4.78, 5) is 26.5. The van der Waals surface area contributed by atoms with Crippen molar-refractivity contribution < 1.29 is 9.72 Å². The van der Waals surface area contributed by atoms with E-state index < -0.39 is 4.92 Å². The molecule has 1 aliphatic rings. The molecule has 0 saturated carbocycles.